The van der Waals surface area contributed by atoms with Crippen molar-refractivity contribution in [3.8, 4) is 0 Å². The Hall–Kier alpha value is -1.35. The van der Waals surface area contributed by atoms with Crippen molar-refractivity contribution < 1.29 is 15.0 Å². The zero-order valence-electron chi connectivity index (χ0n) is 6.47. The number of rotatable bonds is 3. The molecule has 3 nitrogen and oxygen atoms in total. The van der Waals surface area contributed by atoms with Gasteiger partial charge in [-0.2, -0.15) is 0 Å². The number of hydrogen-bond acceptors (Lipinski definition) is 2. The standard InChI is InChI=1S/C9H10O3/c10-6-8(9(11)12)7-4-2-1-3-5-7/h1-5,8,10H,6H2,(H,11,12)/t8-/m1/s1/i8+1,9+1. The molecule has 0 aromatic heterocycles. The zero-order valence-corrected chi connectivity index (χ0v) is 6.47. The SMILES string of the molecule is O=[13C](O)[13C@H](CO)c1ccccc1. The van der Waals surface area contributed by atoms with Crippen LogP contribution in [0.1, 0.15) is 11.5 Å². The summed E-state index contributed by atoms with van der Waals surface area (Å²) in [6.07, 6.45) is 0. The Morgan fingerprint density at radius 3 is 2.33 bits per heavy atom. The molecule has 0 saturated carbocycles. The van der Waals surface area contributed by atoms with Crippen LogP contribution in [0, 0.1) is 0 Å². The van der Waals surface area contributed by atoms with Crippen LogP contribution in [0.15, 0.2) is 30.3 Å². The summed E-state index contributed by atoms with van der Waals surface area (Å²) in [5.74, 6) is -1.80. The van der Waals surface area contributed by atoms with Gasteiger partial charge in [-0.05, 0) is 5.56 Å². The number of aliphatic carboxylic acids is 1. The van der Waals surface area contributed by atoms with Crippen LogP contribution in [-0.4, -0.2) is 22.8 Å². The van der Waals surface area contributed by atoms with E-state index < -0.39 is 11.9 Å². The van der Waals surface area contributed by atoms with Gasteiger partial charge in [0.1, 0.15) is 5.92 Å². The molecule has 1 rings (SSSR count). The molecule has 0 aliphatic carbocycles. The number of carbonyl (C=O) groups is 1. The summed E-state index contributed by atoms with van der Waals surface area (Å²) >= 11 is 0. The predicted octanol–water partition coefficient (Wildman–Crippen LogP) is 0.847. The molecule has 0 fully saturated rings. The minimum absolute atomic E-state index is 0.362. The topological polar surface area (TPSA) is 57.5 Å². The summed E-state index contributed by atoms with van der Waals surface area (Å²) in [5.41, 5.74) is 0.632. The first-order valence-corrected chi connectivity index (χ1v) is 3.64. The van der Waals surface area contributed by atoms with E-state index in [0.717, 1.165) is 0 Å². The Kier molecular flexibility index (Phi) is 2.82. The highest BCUT2D eigenvalue weighted by Gasteiger charge is 2.17. The van der Waals surface area contributed by atoms with Gasteiger partial charge < -0.3 is 10.2 Å². The van der Waals surface area contributed by atoms with E-state index in [-0.39, 0.29) is 6.61 Å². The minimum atomic E-state index is -0.997. The molecule has 3 heteroatoms. The maximum atomic E-state index is 10.6. The number of aliphatic hydroxyl groups is 1. The van der Waals surface area contributed by atoms with E-state index >= 15 is 0 Å². The molecule has 0 saturated heterocycles. The number of carboxylic acid groups (broad SMARTS) is 1. The lowest BCUT2D eigenvalue weighted by Crippen LogP contribution is -2.15. The third-order valence-electron chi connectivity index (χ3n) is 1.68. The van der Waals surface area contributed by atoms with Crippen LogP contribution in [0.5, 0.6) is 0 Å². The predicted molar refractivity (Wildman–Crippen MR) is 43.9 cm³/mol. The average Bonchev–Trinajstić information content (AvgIpc) is 2.07. The molecule has 1 aromatic rings. The smallest absolute Gasteiger partial charge is 0.313 e. The van der Waals surface area contributed by atoms with Crippen LogP contribution < -0.4 is 0 Å². The van der Waals surface area contributed by atoms with Crippen molar-refractivity contribution in [3.63, 3.8) is 0 Å². The van der Waals surface area contributed by atoms with E-state index in [1.165, 1.54) is 0 Å². The zero-order chi connectivity index (χ0) is 8.97. The van der Waals surface area contributed by atoms with Gasteiger partial charge >= 0.3 is 5.97 Å². The average molecular weight is 168 g/mol. The third kappa shape index (κ3) is 1.83. The van der Waals surface area contributed by atoms with Crippen molar-refractivity contribution in [1.29, 1.82) is 0 Å². The van der Waals surface area contributed by atoms with Gasteiger partial charge in [0.2, 0.25) is 0 Å². The van der Waals surface area contributed by atoms with Crippen LogP contribution in [-0.2, 0) is 4.79 Å². The van der Waals surface area contributed by atoms with Crippen molar-refractivity contribution in [1.82, 2.24) is 0 Å². The van der Waals surface area contributed by atoms with Gasteiger partial charge in [-0.3, -0.25) is 4.79 Å². The van der Waals surface area contributed by atoms with Crippen molar-refractivity contribution in [2.24, 2.45) is 0 Å². The highest BCUT2D eigenvalue weighted by molar-refractivity contribution is 5.76. The summed E-state index contributed by atoms with van der Waals surface area (Å²) in [7, 11) is 0. The highest BCUT2D eigenvalue weighted by atomic mass is 16.5. The van der Waals surface area contributed by atoms with E-state index in [0.29, 0.717) is 5.56 Å². The van der Waals surface area contributed by atoms with E-state index in [4.69, 9.17) is 10.2 Å². The molecule has 64 valence electrons. The summed E-state index contributed by atoms with van der Waals surface area (Å²) in [5, 5.41) is 17.4. The second kappa shape index (κ2) is 3.88. The lowest BCUT2D eigenvalue weighted by atomic mass is 10.2. The fraction of sp³-hybridized carbons (Fsp3) is 0.222. The third-order valence-corrected chi connectivity index (χ3v) is 1.68. The van der Waals surface area contributed by atoms with Gasteiger partial charge in [-0.15, -0.1) is 0 Å². The number of carboxylic acids is 1. The molecule has 0 unspecified atom stereocenters. The second-order valence-corrected chi connectivity index (χ2v) is 2.48. The summed E-state index contributed by atoms with van der Waals surface area (Å²) in [6, 6.07) is 8.69. The summed E-state index contributed by atoms with van der Waals surface area (Å²) < 4.78 is 0. The Morgan fingerprint density at radius 1 is 1.33 bits per heavy atom. The van der Waals surface area contributed by atoms with Gasteiger partial charge in [-0.1, -0.05) is 30.3 Å². The molecule has 1 aromatic carbocycles. The fourth-order valence-corrected chi connectivity index (χ4v) is 1.01. The Bertz CT molecular complexity index is 256. The molecule has 1 atom stereocenters. The van der Waals surface area contributed by atoms with Gasteiger partial charge in [0, 0.05) is 0 Å². The van der Waals surface area contributed by atoms with Crippen LogP contribution in [0.3, 0.4) is 0 Å². The van der Waals surface area contributed by atoms with Crippen LogP contribution in [0.2, 0.25) is 0 Å². The first kappa shape index (κ1) is 8.74. The largest absolute Gasteiger partial charge is 0.481 e. The first-order valence-electron chi connectivity index (χ1n) is 3.64. The Labute approximate surface area is 70.3 Å². The first-order chi connectivity index (χ1) is 5.75. The molecule has 2 N–H and O–H groups in total. The van der Waals surface area contributed by atoms with Crippen LogP contribution >= 0.6 is 0 Å². The number of benzene rings is 1. The Morgan fingerprint density at radius 2 is 1.92 bits per heavy atom. The van der Waals surface area contributed by atoms with E-state index in [1.54, 1.807) is 30.3 Å². The van der Waals surface area contributed by atoms with E-state index in [1.807, 2.05) is 0 Å². The number of aliphatic hydroxyl groups excluding tert-OH is 1. The molecular weight excluding hydrogens is 158 g/mol. The molecule has 0 amide bonds. The quantitative estimate of drug-likeness (QED) is 0.658. The normalized spacial score (nSPS) is 12.4. The fourth-order valence-electron chi connectivity index (χ4n) is 1.01. The molecule has 0 radical (unpaired) electrons. The van der Waals surface area contributed by atoms with Crippen molar-refractivity contribution in [3.05, 3.63) is 35.9 Å². The molecule has 0 bridgehead atoms. The summed E-state index contributed by atoms with van der Waals surface area (Å²) in [4.78, 5) is 10.6. The molecule has 0 aliphatic heterocycles. The van der Waals surface area contributed by atoms with Crippen LogP contribution in [0.25, 0.3) is 0 Å². The van der Waals surface area contributed by atoms with Gasteiger partial charge in [-0.25, -0.2) is 0 Å². The van der Waals surface area contributed by atoms with Gasteiger partial charge in [0.15, 0.2) is 0 Å². The summed E-state index contributed by atoms with van der Waals surface area (Å²) in [6.45, 7) is -0.362. The van der Waals surface area contributed by atoms with Crippen molar-refractivity contribution in [2.75, 3.05) is 6.61 Å². The highest BCUT2D eigenvalue weighted by Crippen LogP contribution is 2.14. The molecule has 0 heterocycles. The van der Waals surface area contributed by atoms with Crippen molar-refractivity contribution >= 4 is 5.97 Å². The molecule has 12 heavy (non-hydrogen) atoms. The molecule has 0 aliphatic rings. The second-order valence-electron chi connectivity index (χ2n) is 2.48. The maximum Gasteiger partial charge on any atom is 0.313 e. The lowest BCUT2D eigenvalue weighted by molar-refractivity contribution is -0.139. The number of hydrogen-bond donors (Lipinski definition) is 2. The molecule has 0 spiro atoms. The maximum absolute atomic E-state index is 10.6. The van der Waals surface area contributed by atoms with Crippen LogP contribution in [0.4, 0.5) is 0 Å². The minimum Gasteiger partial charge on any atom is -0.481 e. The van der Waals surface area contributed by atoms with Gasteiger partial charge in [0.05, 0.1) is 6.61 Å². The van der Waals surface area contributed by atoms with E-state index in [9.17, 15) is 4.79 Å². The van der Waals surface area contributed by atoms with Crippen molar-refractivity contribution in [2.45, 2.75) is 5.92 Å². The van der Waals surface area contributed by atoms with Gasteiger partial charge in [0.25, 0.3) is 0 Å². The Balaban J connectivity index is 2.88. The van der Waals surface area contributed by atoms with E-state index in [2.05, 4.69) is 0 Å². The monoisotopic (exact) mass is 168 g/mol. The lowest BCUT2D eigenvalue weighted by Gasteiger charge is -2.07. The molecular formula is C9H10O3.